The van der Waals surface area contributed by atoms with Crippen molar-refractivity contribution in [3.05, 3.63) is 35.4 Å². The average Bonchev–Trinajstić information content (AvgIpc) is 2.44. The molecule has 3 rings (SSSR count). The van der Waals surface area contributed by atoms with Gasteiger partial charge in [-0.1, -0.05) is 24.3 Å². The summed E-state index contributed by atoms with van der Waals surface area (Å²) in [5.41, 5.74) is 9.36. The van der Waals surface area contributed by atoms with Crippen LogP contribution in [0.1, 0.15) is 55.6 Å². The Labute approximate surface area is 116 Å². The Balaban J connectivity index is 1.41. The number of hydrogen-bond donors (Lipinski definition) is 1. The number of hydrogen-bond acceptors (Lipinski definition) is 2. The first-order chi connectivity index (χ1) is 9.33. The van der Waals surface area contributed by atoms with Gasteiger partial charge in [0, 0.05) is 12.6 Å². The van der Waals surface area contributed by atoms with Crippen LogP contribution in [0.2, 0.25) is 0 Å². The molecule has 1 aromatic carbocycles. The summed E-state index contributed by atoms with van der Waals surface area (Å²) in [6, 6.07) is 9.12. The van der Waals surface area contributed by atoms with E-state index in [-0.39, 0.29) is 0 Å². The van der Waals surface area contributed by atoms with Crippen molar-refractivity contribution in [2.45, 2.75) is 63.0 Å². The fraction of sp³-hybridized carbons (Fsp3) is 0.647. The Hall–Kier alpha value is -0.860. The Morgan fingerprint density at radius 2 is 2.16 bits per heavy atom. The number of benzene rings is 1. The van der Waals surface area contributed by atoms with Crippen molar-refractivity contribution in [1.29, 1.82) is 0 Å². The van der Waals surface area contributed by atoms with Crippen LogP contribution in [0.25, 0.3) is 0 Å². The Morgan fingerprint density at radius 3 is 2.95 bits per heavy atom. The van der Waals surface area contributed by atoms with Crippen LogP contribution in [0, 0.1) is 0 Å². The smallest absolute Gasteiger partial charge is 0.0575 e. The second kappa shape index (κ2) is 6.06. The third kappa shape index (κ3) is 3.18. The molecule has 0 spiro atoms. The summed E-state index contributed by atoms with van der Waals surface area (Å²) in [4.78, 5) is 0. The topological polar surface area (TPSA) is 35.2 Å². The zero-order valence-corrected chi connectivity index (χ0v) is 11.7. The van der Waals surface area contributed by atoms with E-state index in [0.29, 0.717) is 18.1 Å². The van der Waals surface area contributed by atoms with Gasteiger partial charge in [-0.2, -0.15) is 0 Å². The first-order valence-electron chi connectivity index (χ1n) is 7.78. The summed E-state index contributed by atoms with van der Waals surface area (Å²) in [6.07, 6.45) is 8.91. The molecule has 19 heavy (non-hydrogen) atoms. The molecule has 1 saturated heterocycles. The summed E-state index contributed by atoms with van der Waals surface area (Å²) in [7, 11) is 0. The van der Waals surface area contributed by atoms with Gasteiger partial charge in [-0.15, -0.1) is 0 Å². The minimum absolute atomic E-state index is 0.337. The van der Waals surface area contributed by atoms with Gasteiger partial charge in [0.15, 0.2) is 0 Å². The molecule has 1 aliphatic carbocycles. The number of ether oxygens (including phenoxy) is 1. The van der Waals surface area contributed by atoms with Gasteiger partial charge in [0.2, 0.25) is 0 Å². The third-order valence-corrected chi connectivity index (χ3v) is 4.68. The summed E-state index contributed by atoms with van der Waals surface area (Å²) in [6.45, 7) is 0.954. The first kappa shape index (κ1) is 13.1. The molecule has 2 aliphatic rings. The normalized spacial score (nSPS) is 27.4. The minimum Gasteiger partial charge on any atom is -0.378 e. The van der Waals surface area contributed by atoms with Crippen LogP contribution in [0.15, 0.2) is 24.3 Å². The zero-order valence-electron chi connectivity index (χ0n) is 11.7. The van der Waals surface area contributed by atoms with Crippen LogP contribution < -0.4 is 5.73 Å². The molecule has 0 radical (unpaired) electrons. The molecule has 104 valence electrons. The second-order valence-electron chi connectivity index (χ2n) is 6.16. The zero-order chi connectivity index (χ0) is 13.1. The quantitative estimate of drug-likeness (QED) is 0.879. The minimum atomic E-state index is 0.337. The lowest BCUT2D eigenvalue weighted by atomic mass is 9.74. The van der Waals surface area contributed by atoms with E-state index in [0.717, 1.165) is 25.9 Å². The predicted octanol–water partition coefficient (Wildman–Crippen LogP) is 3.39. The van der Waals surface area contributed by atoms with Gasteiger partial charge in [0.05, 0.1) is 6.10 Å². The molecule has 0 aromatic heterocycles. The molecule has 1 aromatic rings. The Bertz CT molecular complexity index is 411. The maximum Gasteiger partial charge on any atom is 0.0575 e. The van der Waals surface area contributed by atoms with Crippen molar-refractivity contribution in [3.63, 3.8) is 0 Å². The fourth-order valence-corrected chi connectivity index (χ4v) is 3.49. The van der Waals surface area contributed by atoms with E-state index >= 15 is 0 Å². The largest absolute Gasteiger partial charge is 0.378 e. The summed E-state index contributed by atoms with van der Waals surface area (Å²) in [5.74, 6) is 0.707. The standard InChI is InChI=1S/C17H25NO/c18-15(8-9-16-6-3-4-10-19-16)12-14-11-13-5-1-2-7-17(13)14/h1-2,5,7,14-16H,3-4,6,8-12,18H2. The number of rotatable bonds is 5. The van der Waals surface area contributed by atoms with Gasteiger partial charge in [0.25, 0.3) is 0 Å². The maximum absolute atomic E-state index is 6.30. The number of fused-ring (bicyclic) bond motifs is 1. The highest BCUT2D eigenvalue weighted by Gasteiger charge is 2.27. The second-order valence-corrected chi connectivity index (χ2v) is 6.16. The van der Waals surface area contributed by atoms with Crippen LogP contribution >= 0.6 is 0 Å². The van der Waals surface area contributed by atoms with Crippen LogP contribution in [0.3, 0.4) is 0 Å². The van der Waals surface area contributed by atoms with E-state index < -0.39 is 0 Å². The molecule has 3 unspecified atom stereocenters. The van der Waals surface area contributed by atoms with Gasteiger partial charge in [-0.3, -0.25) is 0 Å². The van der Waals surface area contributed by atoms with Crippen LogP contribution in [0.5, 0.6) is 0 Å². The van der Waals surface area contributed by atoms with E-state index in [1.54, 1.807) is 0 Å². The van der Waals surface area contributed by atoms with Crippen molar-refractivity contribution >= 4 is 0 Å². The van der Waals surface area contributed by atoms with Crippen molar-refractivity contribution in [3.8, 4) is 0 Å². The van der Waals surface area contributed by atoms with E-state index in [4.69, 9.17) is 10.5 Å². The fourth-order valence-electron chi connectivity index (χ4n) is 3.49. The van der Waals surface area contributed by atoms with Crippen molar-refractivity contribution in [2.75, 3.05) is 6.61 Å². The molecule has 2 heteroatoms. The van der Waals surface area contributed by atoms with E-state index in [2.05, 4.69) is 24.3 Å². The van der Waals surface area contributed by atoms with Crippen LogP contribution in [0.4, 0.5) is 0 Å². The lowest BCUT2D eigenvalue weighted by Gasteiger charge is -2.32. The highest BCUT2D eigenvalue weighted by atomic mass is 16.5. The molecule has 0 amide bonds. The molecule has 0 saturated carbocycles. The lowest BCUT2D eigenvalue weighted by molar-refractivity contribution is 0.00892. The van der Waals surface area contributed by atoms with E-state index in [1.807, 2.05) is 0 Å². The van der Waals surface area contributed by atoms with Crippen molar-refractivity contribution in [2.24, 2.45) is 5.73 Å². The molecular formula is C17H25NO. The molecule has 1 fully saturated rings. The Morgan fingerprint density at radius 1 is 1.26 bits per heavy atom. The highest BCUT2D eigenvalue weighted by molar-refractivity contribution is 5.39. The number of nitrogens with two attached hydrogens (primary N) is 1. The molecule has 2 N–H and O–H groups in total. The highest BCUT2D eigenvalue weighted by Crippen LogP contribution is 2.38. The summed E-state index contributed by atoms with van der Waals surface area (Å²) >= 11 is 0. The third-order valence-electron chi connectivity index (χ3n) is 4.68. The molecule has 1 aliphatic heterocycles. The van der Waals surface area contributed by atoms with Gasteiger partial charge in [0.1, 0.15) is 0 Å². The molecular weight excluding hydrogens is 234 g/mol. The van der Waals surface area contributed by atoms with Gasteiger partial charge >= 0.3 is 0 Å². The monoisotopic (exact) mass is 259 g/mol. The predicted molar refractivity (Wildman–Crippen MR) is 78.3 cm³/mol. The maximum atomic E-state index is 6.30. The SMILES string of the molecule is NC(CCC1CCCCO1)CC1Cc2ccccc21. The van der Waals surface area contributed by atoms with Gasteiger partial charge in [-0.25, -0.2) is 0 Å². The molecule has 0 bridgehead atoms. The molecule has 2 nitrogen and oxygen atoms in total. The van der Waals surface area contributed by atoms with Crippen molar-refractivity contribution < 1.29 is 4.74 Å². The van der Waals surface area contributed by atoms with E-state index in [1.165, 1.54) is 36.8 Å². The summed E-state index contributed by atoms with van der Waals surface area (Å²) in [5, 5.41) is 0. The average molecular weight is 259 g/mol. The molecule has 3 atom stereocenters. The molecule has 1 heterocycles. The van der Waals surface area contributed by atoms with Gasteiger partial charge in [-0.05, 0) is 62.0 Å². The van der Waals surface area contributed by atoms with Gasteiger partial charge < -0.3 is 10.5 Å². The first-order valence-corrected chi connectivity index (χ1v) is 7.78. The lowest BCUT2D eigenvalue weighted by Crippen LogP contribution is -2.29. The summed E-state index contributed by atoms with van der Waals surface area (Å²) < 4.78 is 5.77. The van der Waals surface area contributed by atoms with Crippen LogP contribution in [-0.4, -0.2) is 18.8 Å². The van der Waals surface area contributed by atoms with Crippen LogP contribution in [-0.2, 0) is 11.2 Å². The Kier molecular flexibility index (Phi) is 4.19. The van der Waals surface area contributed by atoms with E-state index in [9.17, 15) is 0 Å². The van der Waals surface area contributed by atoms with Crippen molar-refractivity contribution in [1.82, 2.24) is 0 Å².